The van der Waals surface area contributed by atoms with Crippen LogP contribution < -0.4 is 11.5 Å². The monoisotopic (exact) mass is 367 g/mol. The highest BCUT2D eigenvalue weighted by atomic mass is 16.3. The predicted molar refractivity (Wildman–Crippen MR) is 98.0 cm³/mol. The molecule has 1 amide bonds. The third-order valence-corrected chi connectivity index (χ3v) is 5.01. The minimum Gasteiger partial charge on any atom is -0.391 e. The number of primary amides is 1. The Morgan fingerprint density at radius 3 is 2.52 bits per heavy atom. The average molecular weight is 367 g/mol. The van der Waals surface area contributed by atoms with E-state index in [9.17, 15) is 9.90 Å². The van der Waals surface area contributed by atoms with Crippen molar-refractivity contribution in [2.24, 2.45) is 18.5 Å². The van der Waals surface area contributed by atoms with Gasteiger partial charge in [-0.25, -0.2) is 4.98 Å². The van der Waals surface area contributed by atoms with Crippen molar-refractivity contribution in [3.8, 4) is 17.2 Å². The topological polar surface area (TPSA) is 138 Å². The minimum atomic E-state index is -0.551. The van der Waals surface area contributed by atoms with Crippen LogP contribution in [0.15, 0.2) is 36.5 Å². The Kier molecular flexibility index (Phi) is 4.25. The third kappa shape index (κ3) is 3.11. The Balaban J connectivity index is 1.78. The molecule has 4 rings (SSSR count). The third-order valence-electron chi connectivity index (χ3n) is 5.01. The number of hydrogen-bond acceptors (Lipinski definition) is 6. The first-order valence-corrected chi connectivity index (χ1v) is 8.73. The molecule has 0 bridgehead atoms. The van der Waals surface area contributed by atoms with Gasteiger partial charge < -0.3 is 16.6 Å². The Hall–Kier alpha value is -3.04. The first kappa shape index (κ1) is 17.4. The molecule has 0 radical (unpaired) electrons. The lowest BCUT2D eigenvalue weighted by atomic mass is 10.1. The molecule has 0 spiro atoms. The molecule has 9 heteroatoms. The van der Waals surface area contributed by atoms with Gasteiger partial charge in [-0.3, -0.25) is 9.48 Å². The molecule has 5 N–H and O–H groups in total. The summed E-state index contributed by atoms with van der Waals surface area (Å²) in [5.74, 6) is 1.55. The summed E-state index contributed by atoms with van der Waals surface area (Å²) in [5.41, 5.74) is 12.5. The van der Waals surface area contributed by atoms with Gasteiger partial charge in [0.05, 0.1) is 12.3 Å². The van der Waals surface area contributed by atoms with E-state index in [1.165, 1.54) is 0 Å². The average Bonchev–Trinajstić information content (AvgIpc) is 3.34. The number of hydrogen-bond donors (Lipinski definition) is 3. The Labute approximate surface area is 155 Å². The van der Waals surface area contributed by atoms with E-state index in [-0.39, 0.29) is 12.0 Å². The van der Waals surface area contributed by atoms with Crippen LogP contribution in [0.25, 0.3) is 17.2 Å². The van der Waals surface area contributed by atoms with Gasteiger partial charge in [-0.2, -0.15) is 9.78 Å². The van der Waals surface area contributed by atoms with Crippen LogP contribution in [0.1, 0.15) is 34.9 Å². The van der Waals surface area contributed by atoms with Crippen LogP contribution in [0, 0.1) is 0 Å². The lowest BCUT2D eigenvalue weighted by Gasteiger charge is -2.10. The summed E-state index contributed by atoms with van der Waals surface area (Å²) in [7, 11) is 1.83. The maximum absolute atomic E-state index is 11.3. The number of aryl methyl sites for hydroxylation is 1. The van der Waals surface area contributed by atoms with Gasteiger partial charge in [-0.15, -0.1) is 5.10 Å². The number of amides is 1. The number of aliphatic hydroxyl groups is 1. The summed E-state index contributed by atoms with van der Waals surface area (Å²) in [6.07, 6.45) is 2.32. The highest BCUT2D eigenvalue weighted by Crippen LogP contribution is 2.35. The standard InChI is InChI=1S/C18H21N7O2/c1-24-15(6-7-21-24)25-18(12-8-13(19)14(26)9-12)22-17(23-25)11-4-2-10(3-5-11)16(20)27/h2-7,12-14,26H,8-9,19H2,1H3,(H2,20,27)/t12-,13-,14-/m0/s1. The van der Waals surface area contributed by atoms with Gasteiger partial charge >= 0.3 is 0 Å². The molecule has 1 aliphatic rings. The highest BCUT2D eigenvalue weighted by molar-refractivity contribution is 5.93. The maximum atomic E-state index is 11.3. The SMILES string of the molecule is Cn1nccc1-n1nc(-c2ccc(C(N)=O)cc2)nc1[C@H]1C[C@H](N)[C@@H](O)C1. The molecule has 140 valence electrons. The van der Waals surface area contributed by atoms with E-state index in [2.05, 4.69) is 10.2 Å². The molecular formula is C18H21N7O2. The smallest absolute Gasteiger partial charge is 0.248 e. The molecule has 2 heterocycles. The van der Waals surface area contributed by atoms with Crippen molar-refractivity contribution < 1.29 is 9.90 Å². The van der Waals surface area contributed by atoms with Crippen molar-refractivity contribution in [1.82, 2.24) is 24.5 Å². The molecule has 1 aliphatic carbocycles. The summed E-state index contributed by atoms with van der Waals surface area (Å²) in [6.45, 7) is 0. The summed E-state index contributed by atoms with van der Waals surface area (Å²) in [4.78, 5) is 16.0. The fourth-order valence-electron chi connectivity index (χ4n) is 3.50. The molecule has 1 aromatic carbocycles. The largest absolute Gasteiger partial charge is 0.391 e. The van der Waals surface area contributed by atoms with E-state index in [0.29, 0.717) is 24.2 Å². The van der Waals surface area contributed by atoms with Gasteiger partial charge in [0.25, 0.3) is 0 Å². The molecule has 0 aliphatic heterocycles. The van der Waals surface area contributed by atoms with E-state index < -0.39 is 12.0 Å². The molecule has 0 unspecified atom stereocenters. The molecule has 2 aromatic heterocycles. The molecule has 0 saturated heterocycles. The number of nitrogens with two attached hydrogens (primary N) is 2. The van der Waals surface area contributed by atoms with E-state index in [4.69, 9.17) is 16.5 Å². The Morgan fingerprint density at radius 1 is 1.22 bits per heavy atom. The fourth-order valence-corrected chi connectivity index (χ4v) is 3.50. The van der Waals surface area contributed by atoms with Gasteiger partial charge in [-0.05, 0) is 25.0 Å². The second-order valence-corrected chi connectivity index (χ2v) is 6.86. The lowest BCUT2D eigenvalue weighted by molar-refractivity contribution is 0.100. The predicted octanol–water partition coefficient (Wildman–Crippen LogP) is 0.332. The van der Waals surface area contributed by atoms with Crippen LogP contribution in [0.4, 0.5) is 0 Å². The molecule has 1 saturated carbocycles. The van der Waals surface area contributed by atoms with Gasteiger partial charge in [0.2, 0.25) is 5.91 Å². The highest BCUT2D eigenvalue weighted by Gasteiger charge is 2.35. The zero-order chi connectivity index (χ0) is 19.1. The van der Waals surface area contributed by atoms with E-state index >= 15 is 0 Å². The summed E-state index contributed by atoms with van der Waals surface area (Å²) in [5, 5.41) is 18.9. The molecule has 1 fully saturated rings. The number of aliphatic hydroxyl groups excluding tert-OH is 1. The van der Waals surface area contributed by atoms with Crippen LogP contribution in [-0.4, -0.2) is 47.7 Å². The van der Waals surface area contributed by atoms with Crippen LogP contribution >= 0.6 is 0 Å². The number of benzene rings is 1. The maximum Gasteiger partial charge on any atom is 0.248 e. The second kappa shape index (κ2) is 6.60. The second-order valence-electron chi connectivity index (χ2n) is 6.86. The zero-order valence-electron chi connectivity index (χ0n) is 14.9. The molecule has 27 heavy (non-hydrogen) atoms. The zero-order valence-corrected chi connectivity index (χ0v) is 14.9. The number of carbonyl (C=O) groups excluding carboxylic acids is 1. The first-order chi connectivity index (χ1) is 12.9. The Bertz CT molecular complexity index is 966. The van der Waals surface area contributed by atoms with Crippen molar-refractivity contribution in [3.05, 3.63) is 47.9 Å². The van der Waals surface area contributed by atoms with Crippen molar-refractivity contribution in [2.45, 2.75) is 30.9 Å². The normalized spacial score (nSPS) is 22.3. The molecular weight excluding hydrogens is 346 g/mol. The summed E-state index contributed by atoms with van der Waals surface area (Å²) >= 11 is 0. The molecule has 9 nitrogen and oxygen atoms in total. The van der Waals surface area contributed by atoms with Gasteiger partial charge in [-0.1, -0.05) is 12.1 Å². The quantitative estimate of drug-likeness (QED) is 0.607. The first-order valence-electron chi connectivity index (χ1n) is 8.73. The van der Waals surface area contributed by atoms with E-state index in [1.54, 1.807) is 39.8 Å². The van der Waals surface area contributed by atoms with Crippen molar-refractivity contribution in [3.63, 3.8) is 0 Å². The number of aromatic nitrogens is 5. The summed E-state index contributed by atoms with van der Waals surface area (Å²) < 4.78 is 3.46. The number of nitrogens with zero attached hydrogens (tertiary/aromatic N) is 5. The van der Waals surface area contributed by atoms with E-state index in [1.807, 2.05) is 13.1 Å². The number of rotatable bonds is 4. The van der Waals surface area contributed by atoms with Crippen molar-refractivity contribution in [2.75, 3.05) is 0 Å². The van der Waals surface area contributed by atoms with Crippen molar-refractivity contribution in [1.29, 1.82) is 0 Å². The van der Waals surface area contributed by atoms with Crippen LogP contribution in [0.5, 0.6) is 0 Å². The van der Waals surface area contributed by atoms with Gasteiger partial charge in [0, 0.05) is 36.2 Å². The van der Waals surface area contributed by atoms with Crippen LogP contribution in [-0.2, 0) is 7.05 Å². The lowest BCUT2D eigenvalue weighted by Crippen LogP contribution is -2.28. The minimum absolute atomic E-state index is 0.00366. The van der Waals surface area contributed by atoms with E-state index in [0.717, 1.165) is 17.2 Å². The fraction of sp³-hybridized carbons (Fsp3) is 0.333. The Morgan fingerprint density at radius 2 is 1.96 bits per heavy atom. The van der Waals surface area contributed by atoms with Gasteiger partial charge in [0.1, 0.15) is 5.82 Å². The molecule has 3 aromatic rings. The van der Waals surface area contributed by atoms with Crippen molar-refractivity contribution >= 4 is 5.91 Å². The van der Waals surface area contributed by atoms with Gasteiger partial charge in [0.15, 0.2) is 11.6 Å². The number of carbonyl (C=O) groups is 1. The van der Waals surface area contributed by atoms with Crippen LogP contribution in [0.2, 0.25) is 0 Å². The van der Waals surface area contributed by atoms with Crippen LogP contribution in [0.3, 0.4) is 0 Å². The molecule has 3 atom stereocenters. The summed E-state index contributed by atoms with van der Waals surface area (Å²) in [6, 6.07) is 8.41.